The van der Waals surface area contributed by atoms with E-state index in [9.17, 15) is 8.42 Å². The Kier molecular flexibility index (Phi) is 3.58. The number of aliphatic hydroxyl groups is 1. The van der Waals surface area contributed by atoms with Crippen molar-refractivity contribution in [1.82, 2.24) is 4.72 Å². The van der Waals surface area contributed by atoms with Crippen LogP contribution in [0.15, 0.2) is 33.6 Å². The predicted molar refractivity (Wildman–Crippen MR) is 68.1 cm³/mol. The number of hydrogen-bond acceptors (Lipinski definition) is 3. The molecule has 0 heterocycles. The molecule has 2 N–H and O–H groups in total. The van der Waals surface area contributed by atoms with Gasteiger partial charge in [0.05, 0.1) is 4.90 Å². The summed E-state index contributed by atoms with van der Waals surface area (Å²) in [5.74, 6) is 0. The van der Waals surface area contributed by atoms with Crippen molar-refractivity contribution in [3.63, 3.8) is 0 Å². The van der Waals surface area contributed by atoms with Crippen molar-refractivity contribution in [1.29, 1.82) is 0 Å². The summed E-state index contributed by atoms with van der Waals surface area (Å²) in [4.78, 5) is 0.230. The van der Waals surface area contributed by atoms with Gasteiger partial charge >= 0.3 is 0 Å². The Morgan fingerprint density at radius 1 is 1.35 bits per heavy atom. The van der Waals surface area contributed by atoms with E-state index < -0.39 is 10.0 Å². The van der Waals surface area contributed by atoms with Crippen LogP contribution in [0.5, 0.6) is 0 Å². The summed E-state index contributed by atoms with van der Waals surface area (Å²) in [6.45, 7) is 0.332. The number of rotatable bonds is 5. The molecule has 2 rings (SSSR count). The van der Waals surface area contributed by atoms with E-state index in [-0.39, 0.29) is 16.9 Å². The van der Waals surface area contributed by atoms with Crippen molar-refractivity contribution < 1.29 is 13.5 Å². The minimum absolute atomic E-state index is 0.0332. The molecule has 4 nitrogen and oxygen atoms in total. The third kappa shape index (κ3) is 2.88. The van der Waals surface area contributed by atoms with Crippen molar-refractivity contribution in [2.75, 3.05) is 13.2 Å². The van der Waals surface area contributed by atoms with Crippen molar-refractivity contribution in [3.8, 4) is 0 Å². The highest BCUT2D eigenvalue weighted by Crippen LogP contribution is 2.44. The first kappa shape index (κ1) is 13.0. The molecule has 1 aliphatic rings. The second-order valence-corrected chi connectivity index (χ2v) is 7.00. The average Bonchev–Trinajstić information content (AvgIpc) is 3.08. The Hall–Kier alpha value is -0.430. The number of benzene rings is 1. The third-order valence-electron chi connectivity index (χ3n) is 3.06. The zero-order valence-corrected chi connectivity index (χ0v) is 11.6. The van der Waals surface area contributed by atoms with Crippen molar-refractivity contribution in [2.45, 2.75) is 17.7 Å². The maximum Gasteiger partial charge on any atom is 0.241 e. The molecule has 0 spiro atoms. The highest BCUT2D eigenvalue weighted by Gasteiger charge is 2.42. The van der Waals surface area contributed by atoms with Crippen molar-refractivity contribution in [3.05, 3.63) is 28.7 Å². The Balaban J connectivity index is 2.12. The van der Waals surface area contributed by atoms with Gasteiger partial charge in [-0.3, -0.25) is 0 Å². The highest BCUT2D eigenvalue weighted by molar-refractivity contribution is 9.10. The molecule has 94 valence electrons. The summed E-state index contributed by atoms with van der Waals surface area (Å²) in [7, 11) is -3.50. The van der Waals surface area contributed by atoms with Crippen LogP contribution in [0.2, 0.25) is 0 Å². The zero-order valence-electron chi connectivity index (χ0n) is 9.19. The molecule has 1 fully saturated rings. The van der Waals surface area contributed by atoms with Crippen LogP contribution in [0.3, 0.4) is 0 Å². The quantitative estimate of drug-likeness (QED) is 0.864. The maximum atomic E-state index is 12.0. The van der Waals surface area contributed by atoms with Crippen LogP contribution >= 0.6 is 15.9 Å². The first-order valence-electron chi connectivity index (χ1n) is 5.34. The SMILES string of the molecule is O=S(=O)(NCC1(CO)CC1)c1ccccc1Br. The van der Waals surface area contributed by atoms with Crippen LogP contribution in [-0.2, 0) is 10.0 Å². The van der Waals surface area contributed by atoms with E-state index in [0.717, 1.165) is 12.8 Å². The van der Waals surface area contributed by atoms with Gasteiger partial charge in [-0.1, -0.05) is 12.1 Å². The molecule has 0 amide bonds. The molecule has 17 heavy (non-hydrogen) atoms. The second kappa shape index (κ2) is 4.68. The Morgan fingerprint density at radius 2 is 2.00 bits per heavy atom. The van der Waals surface area contributed by atoms with E-state index in [1.54, 1.807) is 24.3 Å². The van der Waals surface area contributed by atoms with Gasteiger partial charge in [0.15, 0.2) is 0 Å². The van der Waals surface area contributed by atoms with E-state index in [0.29, 0.717) is 11.0 Å². The summed E-state index contributed by atoms with van der Waals surface area (Å²) in [6, 6.07) is 6.68. The van der Waals surface area contributed by atoms with E-state index in [4.69, 9.17) is 5.11 Å². The monoisotopic (exact) mass is 319 g/mol. The van der Waals surface area contributed by atoms with Gasteiger partial charge in [0, 0.05) is 23.0 Å². The predicted octanol–water partition coefficient (Wildman–Crippen LogP) is 1.50. The van der Waals surface area contributed by atoms with Gasteiger partial charge in [-0.2, -0.15) is 0 Å². The summed E-state index contributed by atoms with van der Waals surface area (Å²) in [5, 5.41) is 9.13. The Morgan fingerprint density at radius 3 is 2.53 bits per heavy atom. The van der Waals surface area contributed by atoms with Gasteiger partial charge in [-0.05, 0) is 40.9 Å². The molecular formula is C11H14BrNO3S. The van der Waals surface area contributed by atoms with Crippen molar-refractivity contribution in [2.24, 2.45) is 5.41 Å². The van der Waals surface area contributed by atoms with E-state index >= 15 is 0 Å². The summed E-state index contributed by atoms with van der Waals surface area (Å²) in [6.07, 6.45) is 1.75. The van der Waals surface area contributed by atoms with Crippen LogP contribution in [0.1, 0.15) is 12.8 Å². The lowest BCUT2D eigenvalue weighted by Crippen LogP contribution is -2.32. The van der Waals surface area contributed by atoms with E-state index in [2.05, 4.69) is 20.7 Å². The topological polar surface area (TPSA) is 66.4 Å². The van der Waals surface area contributed by atoms with Gasteiger partial charge in [0.25, 0.3) is 0 Å². The summed E-state index contributed by atoms with van der Waals surface area (Å²) < 4.78 is 27.1. The average molecular weight is 320 g/mol. The molecule has 0 saturated heterocycles. The first-order chi connectivity index (χ1) is 7.99. The lowest BCUT2D eigenvalue weighted by molar-refractivity contribution is 0.213. The Labute approximate surface area is 109 Å². The number of nitrogens with one attached hydrogen (secondary N) is 1. The number of aliphatic hydroxyl groups excluding tert-OH is 1. The van der Waals surface area contributed by atoms with Gasteiger partial charge in [-0.25, -0.2) is 13.1 Å². The zero-order chi connectivity index (χ0) is 12.5. The molecule has 0 aliphatic heterocycles. The molecule has 1 aromatic carbocycles. The van der Waals surface area contributed by atoms with Gasteiger partial charge in [0.2, 0.25) is 10.0 Å². The fourth-order valence-corrected chi connectivity index (χ4v) is 3.71. The van der Waals surface area contributed by atoms with Crippen LogP contribution in [0.4, 0.5) is 0 Å². The second-order valence-electron chi connectivity index (χ2n) is 4.41. The maximum absolute atomic E-state index is 12.0. The normalized spacial score (nSPS) is 18.0. The molecule has 0 unspecified atom stereocenters. The minimum atomic E-state index is -3.50. The lowest BCUT2D eigenvalue weighted by atomic mass is 10.1. The lowest BCUT2D eigenvalue weighted by Gasteiger charge is -2.13. The van der Waals surface area contributed by atoms with Crippen molar-refractivity contribution >= 4 is 26.0 Å². The van der Waals surface area contributed by atoms with Gasteiger partial charge in [0.1, 0.15) is 0 Å². The number of hydrogen-bond donors (Lipinski definition) is 2. The van der Waals surface area contributed by atoms with Crippen LogP contribution < -0.4 is 4.72 Å². The largest absolute Gasteiger partial charge is 0.396 e. The van der Waals surface area contributed by atoms with Crippen LogP contribution in [0, 0.1) is 5.41 Å². The molecule has 0 radical (unpaired) electrons. The van der Waals surface area contributed by atoms with Gasteiger partial charge in [-0.15, -0.1) is 0 Å². The highest BCUT2D eigenvalue weighted by atomic mass is 79.9. The number of halogens is 1. The number of sulfonamides is 1. The molecule has 1 saturated carbocycles. The molecule has 0 atom stereocenters. The molecule has 0 aromatic heterocycles. The molecule has 1 aliphatic carbocycles. The fraction of sp³-hybridized carbons (Fsp3) is 0.455. The molecule has 6 heteroatoms. The fourth-order valence-electron chi connectivity index (χ4n) is 1.56. The van der Waals surface area contributed by atoms with Gasteiger partial charge < -0.3 is 5.11 Å². The minimum Gasteiger partial charge on any atom is -0.396 e. The summed E-state index contributed by atoms with van der Waals surface area (Å²) in [5.41, 5.74) is -0.228. The summed E-state index contributed by atoms with van der Waals surface area (Å²) >= 11 is 3.22. The molecule has 0 bridgehead atoms. The standard InChI is InChI=1S/C11H14BrNO3S/c12-9-3-1-2-4-10(9)17(15,16)13-7-11(8-14)5-6-11/h1-4,13-14H,5-8H2. The van der Waals surface area contributed by atoms with Crippen LogP contribution in [-0.4, -0.2) is 26.7 Å². The smallest absolute Gasteiger partial charge is 0.241 e. The Bertz CT molecular complexity index is 511. The first-order valence-corrected chi connectivity index (χ1v) is 7.62. The van der Waals surface area contributed by atoms with Crippen LogP contribution in [0.25, 0.3) is 0 Å². The molecular weight excluding hydrogens is 306 g/mol. The third-order valence-corrected chi connectivity index (χ3v) is 5.47. The van der Waals surface area contributed by atoms with E-state index in [1.165, 1.54) is 0 Å². The molecule has 1 aromatic rings. The van der Waals surface area contributed by atoms with E-state index in [1.807, 2.05) is 0 Å².